The number of hydrogen-bond acceptors (Lipinski definition) is 3. The van der Waals surface area contributed by atoms with Gasteiger partial charge in [0.2, 0.25) is 0 Å². The fraction of sp³-hybridized carbons (Fsp3) is 0.750. The zero-order chi connectivity index (χ0) is 8.31. The maximum atomic E-state index is 11.4. The minimum Gasteiger partial charge on any atom is -0.479 e. The summed E-state index contributed by atoms with van der Waals surface area (Å²) in [6.45, 7) is 0. The second-order valence-electron chi connectivity index (χ2n) is 1.61. The number of halogens is 2. The summed E-state index contributed by atoms with van der Waals surface area (Å²) in [4.78, 5) is 9.70. The van der Waals surface area contributed by atoms with E-state index in [0.29, 0.717) is 0 Å². The van der Waals surface area contributed by atoms with Gasteiger partial charge in [0.15, 0.2) is 12.2 Å². The highest BCUT2D eigenvalue weighted by Crippen LogP contribution is 2.04. The number of aliphatic carboxylic acids is 1. The van der Waals surface area contributed by atoms with Crippen LogP contribution in [0.3, 0.4) is 0 Å². The molecular formula is C4H6F2O4. The predicted octanol–water partition coefficient (Wildman–Crippen LogP) is -0.942. The zero-order valence-electron chi connectivity index (χ0n) is 4.74. The first kappa shape index (κ1) is 9.25. The van der Waals surface area contributed by atoms with Gasteiger partial charge in [0.05, 0.1) is 0 Å². The molecule has 0 fully saturated rings. The van der Waals surface area contributed by atoms with E-state index in [2.05, 4.69) is 0 Å². The van der Waals surface area contributed by atoms with Crippen LogP contribution in [0.5, 0.6) is 0 Å². The fourth-order valence-corrected chi connectivity index (χ4v) is 0.284. The smallest absolute Gasteiger partial charge is 0.335 e. The van der Waals surface area contributed by atoms with Crippen molar-refractivity contribution in [2.24, 2.45) is 0 Å². The van der Waals surface area contributed by atoms with Crippen molar-refractivity contribution in [2.75, 3.05) is 0 Å². The number of rotatable bonds is 3. The summed E-state index contributed by atoms with van der Waals surface area (Å²) in [6.07, 6.45) is -8.18. The third kappa shape index (κ3) is 2.24. The van der Waals surface area contributed by atoms with Gasteiger partial charge in [-0.05, 0) is 0 Å². The number of carboxylic acid groups (broad SMARTS) is 1. The lowest BCUT2D eigenvalue weighted by Gasteiger charge is -2.11. The van der Waals surface area contributed by atoms with E-state index in [1.807, 2.05) is 0 Å². The van der Waals surface area contributed by atoms with E-state index < -0.39 is 24.6 Å². The second-order valence-corrected chi connectivity index (χ2v) is 1.61. The SMILES string of the molecule is O=C(O)[C@H](O)[C@H](O)C(F)F. The topological polar surface area (TPSA) is 77.8 Å². The van der Waals surface area contributed by atoms with Crippen molar-refractivity contribution >= 4 is 5.97 Å². The highest BCUT2D eigenvalue weighted by molar-refractivity contribution is 5.72. The van der Waals surface area contributed by atoms with Gasteiger partial charge in [0.25, 0.3) is 6.43 Å². The van der Waals surface area contributed by atoms with Crippen LogP contribution in [0, 0.1) is 0 Å². The van der Waals surface area contributed by atoms with Gasteiger partial charge in [-0.1, -0.05) is 0 Å². The van der Waals surface area contributed by atoms with Gasteiger partial charge in [-0.2, -0.15) is 0 Å². The second kappa shape index (κ2) is 3.43. The van der Waals surface area contributed by atoms with Crippen LogP contribution in [0.25, 0.3) is 0 Å². The lowest BCUT2D eigenvalue weighted by molar-refractivity contribution is -0.160. The molecule has 0 aliphatic rings. The van der Waals surface area contributed by atoms with Gasteiger partial charge in [-0.3, -0.25) is 0 Å². The van der Waals surface area contributed by atoms with Crippen LogP contribution in [-0.4, -0.2) is 39.9 Å². The van der Waals surface area contributed by atoms with Crippen molar-refractivity contribution in [1.29, 1.82) is 0 Å². The predicted molar refractivity (Wildman–Crippen MR) is 25.7 cm³/mol. The molecule has 0 aromatic rings. The Morgan fingerprint density at radius 2 is 1.70 bits per heavy atom. The Balaban J connectivity index is 3.94. The Morgan fingerprint density at radius 1 is 1.30 bits per heavy atom. The van der Waals surface area contributed by atoms with Crippen molar-refractivity contribution < 1.29 is 28.9 Å². The van der Waals surface area contributed by atoms with E-state index in [1.165, 1.54) is 0 Å². The minimum absolute atomic E-state index is 1.87. The highest BCUT2D eigenvalue weighted by Gasteiger charge is 2.30. The molecule has 0 saturated heterocycles. The van der Waals surface area contributed by atoms with E-state index in [0.717, 1.165) is 0 Å². The van der Waals surface area contributed by atoms with Gasteiger partial charge in [0.1, 0.15) is 0 Å². The first-order valence-corrected chi connectivity index (χ1v) is 2.34. The van der Waals surface area contributed by atoms with E-state index in [9.17, 15) is 13.6 Å². The molecule has 0 heterocycles. The molecule has 0 amide bonds. The average molecular weight is 156 g/mol. The lowest BCUT2D eigenvalue weighted by Crippen LogP contribution is -2.38. The number of hydrogen-bond donors (Lipinski definition) is 3. The largest absolute Gasteiger partial charge is 0.479 e. The molecule has 0 unspecified atom stereocenters. The number of carbonyl (C=O) groups is 1. The van der Waals surface area contributed by atoms with E-state index >= 15 is 0 Å². The van der Waals surface area contributed by atoms with Gasteiger partial charge in [0, 0.05) is 0 Å². The first-order chi connectivity index (χ1) is 4.46. The highest BCUT2D eigenvalue weighted by atomic mass is 19.3. The van der Waals surface area contributed by atoms with Crippen LogP contribution in [0.2, 0.25) is 0 Å². The molecule has 0 aliphatic heterocycles. The molecule has 10 heavy (non-hydrogen) atoms. The van der Waals surface area contributed by atoms with Crippen LogP contribution >= 0.6 is 0 Å². The molecule has 4 nitrogen and oxygen atoms in total. The van der Waals surface area contributed by atoms with Gasteiger partial charge in [-0.15, -0.1) is 0 Å². The molecule has 0 radical (unpaired) electrons. The van der Waals surface area contributed by atoms with Crippen molar-refractivity contribution in [1.82, 2.24) is 0 Å². The van der Waals surface area contributed by atoms with Gasteiger partial charge >= 0.3 is 5.97 Å². The zero-order valence-corrected chi connectivity index (χ0v) is 4.74. The fourth-order valence-electron chi connectivity index (χ4n) is 0.284. The Morgan fingerprint density at radius 3 is 1.80 bits per heavy atom. The van der Waals surface area contributed by atoms with Crippen LogP contribution in [-0.2, 0) is 4.79 Å². The standard InChI is InChI=1S/C4H6F2O4/c5-3(6)1(7)2(8)4(9)10/h1-3,7-8H,(H,9,10)/t1-,2+/m0/s1. The molecule has 0 bridgehead atoms. The Hall–Kier alpha value is -0.750. The molecular weight excluding hydrogens is 150 g/mol. The normalized spacial score (nSPS) is 16.9. The first-order valence-electron chi connectivity index (χ1n) is 2.34. The molecule has 3 N–H and O–H groups in total. The van der Waals surface area contributed by atoms with Gasteiger partial charge in [-0.25, -0.2) is 13.6 Å². The summed E-state index contributed by atoms with van der Waals surface area (Å²) in [5.74, 6) is -1.87. The van der Waals surface area contributed by atoms with Crippen LogP contribution in [0.1, 0.15) is 0 Å². The molecule has 0 aromatic carbocycles. The Labute approximate surface area is 54.7 Å². The molecule has 0 aliphatic carbocycles. The van der Waals surface area contributed by atoms with Crippen molar-refractivity contribution in [3.05, 3.63) is 0 Å². The summed E-state index contributed by atoms with van der Waals surface area (Å²) >= 11 is 0. The van der Waals surface area contributed by atoms with E-state index in [1.54, 1.807) is 0 Å². The summed E-state index contributed by atoms with van der Waals surface area (Å²) in [5, 5.41) is 24.3. The van der Waals surface area contributed by atoms with E-state index in [4.69, 9.17) is 15.3 Å². The van der Waals surface area contributed by atoms with E-state index in [-0.39, 0.29) is 0 Å². The molecule has 6 heteroatoms. The number of carboxylic acids is 1. The maximum Gasteiger partial charge on any atom is 0.335 e. The van der Waals surface area contributed by atoms with Gasteiger partial charge < -0.3 is 15.3 Å². The number of aliphatic hydroxyl groups excluding tert-OH is 2. The lowest BCUT2D eigenvalue weighted by atomic mass is 10.2. The molecule has 0 spiro atoms. The molecule has 2 atom stereocenters. The molecule has 0 saturated carbocycles. The van der Waals surface area contributed by atoms with Crippen LogP contribution in [0.15, 0.2) is 0 Å². The molecule has 0 rings (SSSR count). The average Bonchev–Trinajstić information content (AvgIpc) is 1.84. The number of aliphatic hydroxyl groups is 2. The van der Waals surface area contributed by atoms with Crippen LogP contribution < -0.4 is 0 Å². The summed E-state index contributed by atoms with van der Waals surface area (Å²) in [6, 6.07) is 0. The van der Waals surface area contributed by atoms with Crippen molar-refractivity contribution in [2.45, 2.75) is 18.6 Å². The quantitative estimate of drug-likeness (QED) is 0.492. The molecule has 0 aromatic heterocycles. The summed E-state index contributed by atoms with van der Waals surface area (Å²) in [5.41, 5.74) is 0. The third-order valence-corrected chi connectivity index (χ3v) is 0.835. The number of alkyl halides is 2. The van der Waals surface area contributed by atoms with Crippen molar-refractivity contribution in [3.8, 4) is 0 Å². The summed E-state index contributed by atoms with van der Waals surface area (Å²) < 4.78 is 22.7. The maximum absolute atomic E-state index is 11.4. The molecule has 60 valence electrons. The monoisotopic (exact) mass is 156 g/mol. The summed E-state index contributed by atoms with van der Waals surface area (Å²) in [7, 11) is 0. The van der Waals surface area contributed by atoms with Crippen molar-refractivity contribution in [3.63, 3.8) is 0 Å². The third-order valence-electron chi connectivity index (χ3n) is 0.835. The van der Waals surface area contributed by atoms with Crippen LogP contribution in [0.4, 0.5) is 8.78 Å². The minimum atomic E-state index is -3.24. The Kier molecular flexibility index (Phi) is 3.17. The Bertz CT molecular complexity index is 126.